The highest BCUT2D eigenvalue weighted by Crippen LogP contribution is 2.33. The molecule has 2 atom stereocenters. The highest BCUT2D eigenvalue weighted by atomic mass is 32.2. The molecule has 34 heavy (non-hydrogen) atoms. The van der Waals surface area contributed by atoms with Crippen molar-refractivity contribution in [2.45, 2.75) is 46.0 Å². The van der Waals surface area contributed by atoms with Crippen LogP contribution in [-0.2, 0) is 4.74 Å². The summed E-state index contributed by atoms with van der Waals surface area (Å²) >= 11 is 1.50. The lowest BCUT2D eigenvalue weighted by molar-refractivity contribution is 0.0972. The van der Waals surface area contributed by atoms with E-state index in [1.807, 2.05) is 26.2 Å². The molecule has 3 aromatic heterocycles. The van der Waals surface area contributed by atoms with Gasteiger partial charge in [-0.2, -0.15) is 0 Å². The Kier molecular flexibility index (Phi) is 7.23. The predicted octanol–water partition coefficient (Wildman–Crippen LogP) is 5.19. The second-order valence-electron chi connectivity index (χ2n) is 8.37. The number of rotatable bonds is 8. The van der Waals surface area contributed by atoms with Crippen LogP contribution in [0, 0.1) is 27.7 Å². The largest absolute Gasteiger partial charge is 0.372 e. The number of ether oxygens (including phenoxy) is 1. The molecule has 0 amide bonds. The summed E-state index contributed by atoms with van der Waals surface area (Å²) in [5.41, 5.74) is 6.29. The Morgan fingerprint density at radius 2 is 1.65 bits per heavy atom. The summed E-state index contributed by atoms with van der Waals surface area (Å²) in [6.45, 7) is 10.2. The van der Waals surface area contributed by atoms with E-state index in [-0.39, 0.29) is 11.4 Å². The molecular weight excluding hydrogens is 446 g/mol. The van der Waals surface area contributed by atoms with Gasteiger partial charge in [0, 0.05) is 37.5 Å². The zero-order valence-electron chi connectivity index (χ0n) is 20.3. The number of methoxy groups -OCH3 is 1. The second kappa shape index (κ2) is 10.3. The van der Waals surface area contributed by atoms with Crippen molar-refractivity contribution >= 4 is 17.9 Å². The number of hydrogen-bond donors (Lipinski definition) is 1. The van der Waals surface area contributed by atoms with E-state index in [0.717, 1.165) is 39.3 Å². The quantitative estimate of drug-likeness (QED) is 0.348. The highest BCUT2D eigenvalue weighted by molar-refractivity contribution is 8.01. The number of pyridine rings is 1. The monoisotopic (exact) mass is 475 g/mol. The van der Waals surface area contributed by atoms with E-state index in [9.17, 15) is 0 Å². The van der Waals surface area contributed by atoms with Crippen molar-refractivity contribution in [2.75, 3.05) is 11.8 Å². The third kappa shape index (κ3) is 4.95. The van der Waals surface area contributed by atoms with Gasteiger partial charge in [-0.1, -0.05) is 18.2 Å². The third-order valence-corrected chi connectivity index (χ3v) is 6.45. The summed E-state index contributed by atoms with van der Waals surface area (Å²) in [5, 5.41) is 9.04. The van der Waals surface area contributed by atoms with E-state index in [2.05, 4.69) is 79.5 Å². The Bertz CT molecular complexity index is 1250. The summed E-state index contributed by atoms with van der Waals surface area (Å²) in [6.07, 6.45) is 6.97. The van der Waals surface area contributed by atoms with E-state index in [0.29, 0.717) is 11.8 Å². The Morgan fingerprint density at radius 1 is 0.941 bits per heavy atom. The van der Waals surface area contributed by atoms with Crippen molar-refractivity contribution in [3.05, 3.63) is 77.1 Å². The van der Waals surface area contributed by atoms with E-state index >= 15 is 0 Å². The third-order valence-electron chi connectivity index (χ3n) is 5.53. The number of nitrogens with zero attached hydrogens (tertiary/aromatic N) is 6. The van der Waals surface area contributed by atoms with Gasteiger partial charge in [0.15, 0.2) is 11.6 Å². The Labute approximate surface area is 204 Å². The Balaban J connectivity index is 1.69. The minimum absolute atomic E-state index is 0.0000836. The van der Waals surface area contributed by atoms with E-state index < -0.39 is 0 Å². The van der Waals surface area contributed by atoms with Gasteiger partial charge in [0.05, 0.1) is 10.9 Å². The fourth-order valence-corrected chi connectivity index (χ4v) is 4.63. The maximum Gasteiger partial charge on any atom is 0.239 e. The van der Waals surface area contributed by atoms with E-state index in [4.69, 9.17) is 4.74 Å². The number of para-hydroxylation sites is 1. The first-order valence-electron chi connectivity index (χ1n) is 11.1. The van der Waals surface area contributed by atoms with Crippen LogP contribution in [0.5, 0.6) is 0 Å². The van der Waals surface area contributed by atoms with E-state index in [1.165, 1.54) is 11.9 Å². The average molecular weight is 476 g/mol. The van der Waals surface area contributed by atoms with Crippen molar-refractivity contribution in [1.82, 2.24) is 29.7 Å². The van der Waals surface area contributed by atoms with Crippen LogP contribution in [0.25, 0.3) is 17.1 Å². The summed E-state index contributed by atoms with van der Waals surface area (Å²) in [6, 6.07) is 8.31. The summed E-state index contributed by atoms with van der Waals surface area (Å²) < 4.78 is 11.2. The fraction of sp³-hybridized carbons (Fsp3) is 0.320. The first kappa shape index (κ1) is 23.8. The van der Waals surface area contributed by atoms with Gasteiger partial charge in [0.1, 0.15) is 6.10 Å². The van der Waals surface area contributed by atoms with Crippen LogP contribution in [0.15, 0.2) is 49.1 Å². The maximum atomic E-state index is 5.73. The van der Waals surface area contributed by atoms with Gasteiger partial charge in [0.2, 0.25) is 5.95 Å². The van der Waals surface area contributed by atoms with Crippen LogP contribution in [0.1, 0.15) is 41.1 Å². The number of aromatic nitrogens is 6. The summed E-state index contributed by atoms with van der Waals surface area (Å²) in [5.74, 6) is 2.01. The lowest BCUT2D eigenvalue weighted by Gasteiger charge is -2.22. The van der Waals surface area contributed by atoms with Crippen molar-refractivity contribution in [2.24, 2.45) is 0 Å². The molecule has 0 radical (unpaired) electrons. The SMILES string of the molecule is COC(c1ncc(C)cn1)C(C)SNc1nnc(-c2cncc(C)c2)n1-c1c(C)cccc1C. The normalized spacial score (nSPS) is 13.0. The molecular formula is C25H29N7OS. The Morgan fingerprint density at radius 3 is 2.29 bits per heavy atom. The second-order valence-corrected chi connectivity index (χ2v) is 9.56. The van der Waals surface area contributed by atoms with Gasteiger partial charge in [-0.15, -0.1) is 10.2 Å². The van der Waals surface area contributed by atoms with Crippen LogP contribution in [-0.4, -0.2) is 42.1 Å². The number of nitrogens with one attached hydrogen (secondary N) is 1. The Hall–Kier alpha value is -3.30. The number of anilines is 1. The van der Waals surface area contributed by atoms with Gasteiger partial charge in [0.25, 0.3) is 0 Å². The molecule has 0 bridgehead atoms. The standard InChI is InChI=1S/C25H29N7OS/c1-15-10-20(14-26-11-15)24-29-30-25(32(24)21-17(3)8-7-9-18(21)4)31-34-19(5)22(33-6)23-27-12-16(2)13-28-23/h7-14,19,22H,1-6H3,(H,30,31). The van der Waals surface area contributed by atoms with Crippen molar-refractivity contribution < 1.29 is 4.74 Å². The van der Waals surface area contributed by atoms with Gasteiger partial charge >= 0.3 is 0 Å². The smallest absolute Gasteiger partial charge is 0.239 e. The highest BCUT2D eigenvalue weighted by Gasteiger charge is 2.25. The molecule has 0 saturated carbocycles. The maximum absolute atomic E-state index is 5.73. The molecule has 3 heterocycles. The molecule has 4 aromatic rings. The predicted molar refractivity (Wildman–Crippen MR) is 136 cm³/mol. The minimum Gasteiger partial charge on any atom is -0.372 e. The first-order valence-corrected chi connectivity index (χ1v) is 11.9. The molecule has 176 valence electrons. The van der Waals surface area contributed by atoms with Gasteiger partial charge < -0.3 is 4.74 Å². The van der Waals surface area contributed by atoms with Crippen LogP contribution < -0.4 is 4.72 Å². The zero-order valence-corrected chi connectivity index (χ0v) is 21.1. The van der Waals surface area contributed by atoms with Gasteiger partial charge in [-0.05, 0) is 74.9 Å². The van der Waals surface area contributed by atoms with Crippen molar-refractivity contribution in [3.63, 3.8) is 0 Å². The van der Waals surface area contributed by atoms with Crippen molar-refractivity contribution in [3.8, 4) is 17.1 Å². The molecule has 1 aromatic carbocycles. The number of aryl methyl sites for hydroxylation is 4. The van der Waals surface area contributed by atoms with Crippen LogP contribution in [0.3, 0.4) is 0 Å². The molecule has 0 saturated heterocycles. The number of benzene rings is 1. The molecule has 0 aliphatic carbocycles. The average Bonchev–Trinajstić information content (AvgIpc) is 3.23. The summed E-state index contributed by atoms with van der Waals surface area (Å²) in [4.78, 5) is 13.3. The van der Waals surface area contributed by atoms with E-state index in [1.54, 1.807) is 19.5 Å². The van der Waals surface area contributed by atoms with Gasteiger partial charge in [-0.3, -0.25) is 14.3 Å². The van der Waals surface area contributed by atoms with Crippen LogP contribution in [0.4, 0.5) is 5.95 Å². The molecule has 0 fully saturated rings. The summed E-state index contributed by atoms with van der Waals surface area (Å²) in [7, 11) is 1.67. The van der Waals surface area contributed by atoms with Crippen LogP contribution in [0.2, 0.25) is 0 Å². The molecule has 0 aliphatic heterocycles. The lowest BCUT2D eigenvalue weighted by Crippen LogP contribution is -2.19. The zero-order chi connectivity index (χ0) is 24.2. The van der Waals surface area contributed by atoms with Crippen molar-refractivity contribution in [1.29, 1.82) is 0 Å². The number of hydrogen-bond acceptors (Lipinski definition) is 8. The topological polar surface area (TPSA) is 90.6 Å². The molecule has 2 unspecified atom stereocenters. The molecule has 4 rings (SSSR count). The fourth-order valence-electron chi connectivity index (χ4n) is 3.85. The molecule has 0 spiro atoms. The first-order chi connectivity index (χ1) is 16.4. The molecule has 8 nitrogen and oxygen atoms in total. The minimum atomic E-state index is -0.282. The molecule has 1 N–H and O–H groups in total. The van der Waals surface area contributed by atoms with Gasteiger partial charge in [-0.25, -0.2) is 9.97 Å². The molecule has 0 aliphatic rings. The van der Waals surface area contributed by atoms with Crippen LogP contribution >= 0.6 is 11.9 Å². The molecule has 9 heteroatoms. The lowest BCUT2D eigenvalue weighted by atomic mass is 10.1.